The molecule has 0 heterocycles. The summed E-state index contributed by atoms with van der Waals surface area (Å²) in [4.78, 5) is 10.9. The first-order chi connectivity index (χ1) is 9.75. The van der Waals surface area contributed by atoms with Crippen LogP contribution >= 0.6 is 0 Å². The molecule has 0 atom stereocenters. The van der Waals surface area contributed by atoms with Crippen LogP contribution in [0, 0.1) is 0 Å². The molecule has 0 saturated heterocycles. The van der Waals surface area contributed by atoms with Crippen LogP contribution in [0.5, 0.6) is 5.75 Å². The van der Waals surface area contributed by atoms with Gasteiger partial charge >= 0.3 is 5.97 Å². The van der Waals surface area contributed by atoms with Crippen LogP contribution in [0.1, 0.15) is 37.6 Å². The van der Waals surface area contributed by atoms with Gasteiger partial charge in [-0.3, -0.25) is 0 Å². The molecule has 0 bridgehead atoms. The van der Waals surface area contributed by atoms with Gasteiger partial charge in [0.25, 0.3) is 0 Å². The van der Waals surface area contributed by atoms with Crippen LogP contribution in [0.4, 0.5) is 0 Å². The van der Waals surface area contributed by atoms with Crippen LogP contribution in [0.3, 0.4) is 0 Å². The standard InChI is InChI=1S/C14H21NO5S/c1-5-8-15(10(2)3)21(18,19)13-7-6-11(14(16)17)9-12(13)20-4/h6-7,9-10H,5,8H2,1-4H3,(H,16,17). The molecule has 0 fully saturated rings. The Morgan fingerprint density at radius 1 is 1.38 bits per heavy atom. The van der Waals surface area contributed by atoms with E-state index in [9.17, 15) is 13.2 Å². The minimum atomic E-state index is -3.73. The number of rotatable bonds is 7. The second-order valence-electron chi connectivity index (χ2n) is 4.88. The lowest BCUT2D eigenvalue weighted by atomic mass is 10.2. The van der Waals surface area contributed by atoms with Crippen molar-refractivity contribution in [3.05, 3.63) is 23.8 Å². The van der Waals surface area contributed by atoms with Crippen LogP contribution in [0.2, 0.25) is 0 Å². The number of nitrogens with zero attached hydrogens (tertiary/aromatic N) is 1. The van der Waals surface area contributed by atoms with Crippen LogP contribution in [0.15, 0.2) is 23.1 Å². The monoisotopic (exact) mass is 315 g/mol. The highest BCUT2D eigenvalue weighted by atomic mass is 32.2. The van der Waals surface area contributed by atoms with Crippen LogP contribution in [0.25, 0.3) is 0 Å². The molecule has 0 saturated carbocycles. The van der Waals surface area contributed by atoms with E-state index in [0.29, 0.717) is 13.0 Å². The lowest BCUT2D eigenvalue weighted by molar-refractivity contribution is 0.0696. The van der Waals surface area contributed by atoms with Crippen LogP contribution < -0.4 is 4.74 Å². The topological polar surface area (TPSA) is 83.9 Å². The third-order valence-corrected chi connectivity index (χ3v) is 5.13. The molecule has 1 N–H and O–H groups in total. The van der Waals surface area contributed by atoms with Crippen LogP contribution in [-0.4, -0.2) is 43.5 Å². The van der Waals surface area contributed by atoms with Crippen molar-refractivity contribution in [3.63, 3.8) is 0 Å². The molecule has 118 valence electrons. The number of sulfonamides is 1. The number of benzene rings is 1. The van der Waals surface area contributed by atoms with Crippen molar-refractivity contribution < 1.29 is 23.1 Å². The first-order valence-electron chi connectivity index (χ1n) is 6.68. The summed E-state index contributed by atoms with van der Waals surface area (Å²) in [6.45, 7) is 5.89. The van der Waals surface area contributed by atoms with Gasteiger partial charge in [-0.1, -0.05) is 6.92 Å². The summed E-state index contributed by atoms with van der Waals surface area (Å²) in [5, 5.41) is 8.96. The quantitative estimate of drug-likeness (QED) is 0.834. The van der Waals surface area contributed by atoms with E-state index in [1.54, 1.807) is 13.8 Å². The molecule has 1 aromatic carbocycles. The predicted octanol–water partition coefficient (Wildman–Crippen LogP) is 2.20. The summed E-state index contributed by atoms with van der Waals surface area (Å²) in [6, 6.07) is 3.57. The van der Waals surface area contributed by atoms with Gasteiger partial charge in [0, 0.05) is 12.6 Å². The minimum Gasteiger partial charge on any atom is -0.495 e. The summed E-state index contributed by atoms with van der Waals surface area (Å²) in [5.41, 5.74) is -0.0163. The Morgan fingerprint density at radius 3 is 2.43 bits per heavy atom. The summed E-state index contributed by atoms with van der Waals surface area (Å²) >= 11 is 0. The molecule has 0 radical (unpaired) electrons. The van der Waals surface area contributed by atoms with Gasteiger partial charge in [0.05, 0.1) is 12.7 Å². The maximum absolute atomic E-state index is 12.7. The van der Waals surface area contributed by atoms with E-state index in [4.69, 9.17) is 9.84 Å². The molecule has 0 aliphatic carbocycles. The largest absolute Gasteiger partial charge is 0.495 e. The van der Waals surface area contributed by atoms with E-state index >= 15 is 0 Å². The molecule has 0 unspecified atom stereocenters. The maximum atomic E-state index is 12.7. The van der Waals surface area contributed by atoms with E-state index < -0.39 is 16.0 Å². The van der Waals surface area contributed by atoms with Crippen molar-refractivity contribution in [2.24, 2.45) is 0 Å². The Hall–Kier alpha value is -1.60. The van der Waals surface area contributed by atoms with Gasteiger partial charge < -0.3 is 9.84 Å². The first kappa shape index (κ1) is 17.5. The Morgan fingerprint density at radius 2 is 2.00 bits per heavy atom. The zero-order valence-electron chi connectivity index (χ0n) is 12.7. The van der Waals surface area contributed by atoms with Gasteiger partial charge in [0.2, 0.25) is 10.0 Å². The lowest BCUT2D eigenvalue weighted by Gasteiger charge is -2.26. The molecule has 21 heavy (non-hydrogen) atoms. The van der Waals surface area contributed by atoms with Gasteiger partial charge in [-0.2, -0.15) is 4.31 Å². The summed E-state index contributed by atoms with van der Waals surface area (Å²) in [7, 11) is -2.41. The van der Waals surface area contributed by atoms with Gasteiger partial charge in [-0.15, -0.1) is 0 Å². The molecule has 6 nitrogen and oxygen atoms in total. The first-order valence-corrected chi connectivity index (χ1v) is 8.12. The molecule has 0 aromatic heterocycles. The number of aromatic carboxylic acids is 1. The third kappa shape index (κ3) is 3.74. The van der Waals surface area contributed by atoms with Crippen molar-refractivity contribution in [3.8, 4) is 5.75 Å². The number of carboxylic acids is 1. The fourth-order valence-electron chi connectivity index (χ4n) is 2.02. The normalized spacial score (nSPS) is 11.9. The lowest BCUT2D eigenvalue weighted by Crippen LogP contribution is -2.37. The Balaban J connectivity index is 3.39. The third-order valence-electron chi connectivity index (χ3n) is 3.02. The van der Waals surface area contributed by atoms with E-state index in [-0.39, 0.29) is 22.3 Å². The van der Waals surface area contributed by atoms with E-state index in [2.05, 4.69) is 0 Å². The zero-order valence-corrected chi connectivity index (χ0v) is 13.5. The molecule has 1 aromatic rings. The Bertz CT molecular complexity index is 610. The Kier molecular flexibility index (Phi) is 5.74. The second kappa shape index (κ2) is 6.91. The van der Waals surface area contributed by atoms with E-state index in [1.807, 2.05) is 6.92 Å². The minimum absolute atomic E-state index is 0.0163. The number of ether oxygens (including phenoxy) is 1. The molecule has 0 spiro atoms. The number of methoxy groups -OCH3 is 1. The van der Waals surface area contributed by atoms with Crippen molar-refractivity contribution in [2.75, 3.05) is 13.7 Å². The predicted molar refractivity (Wildman–Crippen MR) is 79.3 cm³/mol. The summed E-state index contributed by atoms with van der Waals surface area (Å²) < 4.78 is 31.9. The average molecular weight is 315 g/mol. The highest BCUT2D eigenvalue weighted by Crippen LogP contribution is 2.29. The molecule has 0 aliphatic rings. The number of hydrogen-bond donors (Lipinski definition) is 1. The average Bonchev–Trinajstić information content (AvgIpc) is 2.43. The fraction of sp³-hybridized carbons (Fsp3) is 0.500. The fourth-order valence-corrected chi connectivity index (χ4v) is 3.88. The van der Waals surface area contributed by atoms with Gasteiger partial charge in [0.15, 0.2) is 0 Å². The van der Waals surface area contributed by atoms with Crippen molar-refractivity contribution in [1.82, 2.24) is 4.31 Å². The molecule has 0 aliphatic heterocycles. The maximum Gasteiger partial charge on any atom is 0.335 e. The smallest absolute Gasteiger partial charge is 0.335 e. The SMILES string of the molecule is CCCN(C(C)C)S(=O)(=O)c1ccc(C(=O)O)cc1OC. The molecule has 0 amide bonds. The van der Waals surface area contributed by atoms with Crippen LogP contribution in [-0.2, 0) is 10.0 Å². The van der Waals surface area contributed by atoms with Crippen molar-refractivity contribution >= 4 is 16.0 Å². The molecule has 7 heteroatoms. The van der Waals surface area contributed by atoms with Gasteiger partial charge in [0.1, 0.15) is 10.6 Å². The second-order valence-corrected chi connectivity index (χ2v) is 6.74. The van der Waals surface area contributed by atoms with Crippen molar-refractivity contribution in [1.29, 1.82) is 0 Å². The number of carbonyl (C=O) groups is 1. The number of hydrogen-bond acceptors (Lipinski definition) is 4. The van der Waals surface area contributed by atoms with E-state index in [1.165, 1.54) is 29.6 Å². The molecular weight excluding hydrogens is 294 g/mol. The highest BCUT2D eigenvalue weighted by Gasteiger charge is 2.29. The van der Waals surface area contributed by atoms with E-state index in [0.717, 1.165) is 0 Å². The van der Waals surface area contributed by atoms with Crippen molar-refractivity contribution in [2.45, 2.75) is 38.1 Å². The molecular formula is C14H21NO5S. The summed E-state index contributed by atoms with van der Waals surface area (Å²) in [5.74, 6) is -1.09. The number of carboxylic acid groups (broad SMARTS) is 1. The molecule has 1 rings (SSSR count). The van der Waals surface area contributed by atoms with Gasteiger partial charge in [-0.25, -0.2) is 13.2 Å². The Labute approximate surface area is 125 Å². The summed E-state index contributed by atoms with van der Waals surface area (Å²) in [6.07, 6.45) is 0.687. The van der Waals surface area contributed by atoms with Gasteiger partial charge in [-0.05, 0) is 38.5 Å². The zero-order chi connectivity index (χ0) is 16.2. The highest BCUT2D eigenvalue weighted by molar-refractivity contribution is 7.89.